The summed E-state index contributed by atoms with van der Waals surface area (Å²) >= 11 is 0. The average molecular weight is 351 g/mol. The maximum Gasteiger partial charge on any atom is 0.307 e. The van der Waals surface area contributed by atoms with Gasteiger partial charge < -0.3 is 9.64 Å². The molecule has 1 aliphatic carbocycles. The third kappa shape index (κ3) is 4.94. The Morgan fingerprint density at radius 2 is 1.92 bits per heavy atom. The largest absolute Gasteiger partial charge is 0.466 e. The van der Waals surface area contributed by atoms with E-state index < -0.39 is 0 Å². The number of esters is 1. The first kappa shape index (κ1) is 18.2. The number of nitrogens with zero attached hydrogens (tertiary/aromatic N) is 1. The summed E-state index contributed by atoms with van der Waals surface area (Å²) in [6, 6.07) is 14.2. The molecule has 0 saturated heterocycles. The van der Waals surface area contributed by atoms with Crippen molar-refractivity contribution < 1.29 is 14.3 Å². The number of carbonyl (C=O) groups excluding carboxylic acids is 2. The molecule has 4 nitrogen and oxygen atoms in total. The lowest BCUT2D eigenvalue weighted by Gasteiger charge is -2.20. The Bertz CT molecular complexity index is 803. The van der Waals surface area contributed by atoms with Crippen LogP contribution < -0.4 is 0 Å². The summed E-state index contributed by atoms with van der Waals surface area (Å²) in [5.41, 5.74) is 1.02. The van der Waals surface area contributed by atoms with Gasteiger partial charge in [0.05, 0.1) is 13.0 Å². The highest BCUT2D eigenvalue weighted by atomic mass is 16.5. The first-order chi connectivity index (χ1) is 12.7. The lowest BCUT2D eigenvalue weighted by Crippen LogP contribution is -2.33. The van der Waals surface area contributed by atoms with Gasteiger partial charge in [0, 0.05) is 19.2 Å². The highest BCUT2D eigenvalue weighted by molar-refractivity contribution is 5.96. The van der Waals surface area contributed by atoms with Crippen molar-refractivity contribution in [1.29, 1.82) is 0 Å². The standard InChI is InChI=1S/C22H25NO3/c1-2-26-22(25)14-15-23(16-17-10-11-17)21(24)13-12-19-8-5-7-18-6-3-4-9-20(18)19/h3-9,12-13,17H,2,10-11,14-16H2,1H3. The minimum atomic E-state index is -0.251. The molecule has 2 aromatic carbocycles. The van der Waals surface area contributed by atoms with Gasteiger partial charge in [0.15, 0.2) is 0 Å². The second-order valence-electron chi connectivity index (χ2n) is 6.68. The first-order valence-corrected chi connectivity index (χ1v) is 9.27. The van der Waals surface area contributed by atoms with E-state index >= 15 is 0 Å². The molecular formula is C22H25NO3. The smallest absolute Gasteiger partial charge is 0.307 e. The molecule has 1 aliphatic rings. The van der Waals surface area contributed by atoms with Gasteiger partial charge in [-0.15, -0.1) is 0 Å². The fourth-order valence-electron chi connectivity index (χ4n) is 3.03. The van der Waals surface area contributed by atoms with Gasteiger partial charge in [-0.3, -0.25) is 9.59 Å². The number of rotatable bonds is 8. The number of hydrogen-bond acceptors (Lipinski definition) is 3. The van der Waals surface area contributed by atoms with Crippen LogP contribution in [-0.2, 0) is 14.3 Å². The molecule has 0 N–H and O–H groups in total. The van der Waals surface area contributed by atoms with Crippen LogP contribution in [0.4, 0.5) is 0 Å². The van der Waals surface area contributed by atoms with E-state index in [0.29, 0.717) is 19.1 Å². The second kappa shape index (κ2) is 8.65. The van der Waals surface area contributed by atoms with Crippen molar-refractivity contribution in [2.75, 3.05) is 19.7 Å². The van der Waals surface area contributed by atoms with Gasteiger partial charge in [0.1, 0.15) is 0 Å². The van der Waals surface area contributed by atoms with Crippen LogP contribution in [0.3, 0.4) is 0 Å². The van der Waals surface area contributed by atoms with E-state index in [2.05, 4.69) is 18.2 Å². The van der Waals surface area contributed by atoms with Gasteiger partial charge in [-0.1, -0.05) is 42.5 Å². The zero-order chi connectivity index (χ0) is 18.4. The van der Waals surface area contributed by atoms with Gasteiger partial charge in [-0.25, -0.2) is 0 Å². The summed E-state index contributed by atoms with van der Waals surface area (Å²) in [6.07, 6.45) is 6.06. The molecule has 0 aromatic heterocycles. The fraction of sp³-hybridized carbons (Fsp3) is 0.364. The minimum absolute atomic E-state index is 0.0471. The molecule has 1 amide bonds. The van der Waals surface area contributed by atoms with E-state index in [0.717, 1.165) is 35.7 Å². The molecule has 0 unspecified atom stereocenters. The van der Waals surface area contributed by atoms with Crippen LogP contribution in [0.5, 0.6) is 0 Å². The normalized spacial score (nSPS) is 13.9. The predicted molar refractivity (Wildman–Crippen MR) is 104 cm³/mol. The molecule has 0 aliphatic heterocycles. The van der Waals surface area contributed by atoms with Gasteiger partial charge in [-0.05, 0) is 48.1 Å². The first-order valence-electron chi connectivity index (χ1n) is 9.27. The SMILES string of the molecule is CCOC(=O)CCN(CC1CC1)C(=O)C=Cc1cccc2ccccc12. The Hall–Kier alpha value is -2.62. The quantitative estimate of drug-likeness (QED) is 0.532. The van der Waals surface area contributed by atoms with Gasteiger partial charge >= 0.3 is 5.97 Å². The number of amides is 1. The molecule has 0 radical (unpaired) electrons. The molecule has 0 spiro atoms. The van der Waals surface area contributed by atoms with Crippen molar-refractivity contribution in [2.24, 2.45) is 5.92 Å². The van der Waals surface area contributed by atoms with E-state index in [1.807, 2.05) is 30.3 Å². The zero-order valence-corrected chi connectivity index (χ0v) is 15.2. The summed E-state index contributed by atoms with van der Waals surface area (Å²) in [6.45, 7) is 3.29. The molecule has 136 valence electrons. The van der Waals surface area contributed by atoms with E-state index in [4.69, 9.17) is 4.74 Å². The monoisotopic (exact) mass is 351 g/mol. The molecule has 3 rings (SSSR count). The van der Waals surface area contributed by atoms with Crippen LogP contribution in [-0.4, -0.2) is 36.5 Å². The van der Waals surface area contributed by atoms with Gasteiger partial charge in [0.2, 0.25) is 5.91 Å². The molecule has 1 saturated carbocycles. The summed E-state index contributed by atoms with van der Waals surface area (Å²) in [5, 5.41) is 2.28. The van der Waals surface area contributed by atoms with E-state index in [9.17, 15) is 9.59 Å². The predicted octanol–water partition coefficient (Wildman–Crippen LogP) is 4.04. The van der Waals surface area contributed by atoms with Crippen LogP contribution in [0, 0.1) is 5.92 Å². The highest BCUT2D eigenvalue weighted by Crippen LogP contribution is 2.30. The summed E-state index contributed by atoms with van der Waals surface area (Å²) in [7, 11) is 0. The van der Waals surface area contributed by atoms with Crippen molar-refractivity contribution in [2.45, 2.75) is 26.2 Å². The molecular weight excluding hydrogens is 326 g/mol. The van der Waals surface area contributed by atoms with Crippen LogP contribution in [0.1, 0.15) is 31.7 Å². The Balaban J connectivity index is 1.69. The molecule has 2 aromatic rings. The van der Waals surface area contributed by atoms with Crippen molar-refractivity contribution in [1.82, 2.24) is 4.90 Å². The van der Waals surface area contributed by atoms with Crippen LogP contribution in [0.25, 0.3) is 16.8 Å². The second-order valence-corrected chi connectivity index (χ2v) is 6.68. The van der Waals surface area contributed by atoms with Crippen molar-refractivity contribution >= 4 is 28.7 Å². The lowest BCUT2D eigenvalue weighted by atomic mass is 10.0. The molecule has 0 bridgehead atoms. The fourth-order valence-corrected chi connectivity index (χ4v) is 3.03. The van der Waals surface area contributed by atoms with Gasteiger partial charge in [-0.2, -0.15) is 0 Å². The van der Waals surface area contributed by atoms with Crippen LogP contribution >= 0.6 is 0 Å². The minimum Gasteiger partial charge on any atom is -0.466 e. The Morgan fingerprint density at radius 3 is 2.69 bits per heavy atom. The van der Waals surface area contributed by atoms with Crippen molar-refractivity contribution in [3.8, 4) is 0 Å². The molecule has 26 heavy (non-hydrogen) atoms. The average Bonchev–Trinajstić information content (AvgIpc) is 3.47. The number of carbonyl (C=O) groups is 2. The topological polar surface area (TPSA) is 46.6 Å². The van der Waals surface area contributed by atoms with Crippen LogP contribution in [0.15, 0.2) is 48.5 Å². The maximum atomic E-state index is 12.7. The van der Waals surface area contributed by atoms with Crippen LogP contribution in [0.2, 0.25) is 0 Å². The summed E-state index contributed by atoms with van der Waals surface area (Å²) < 4.78 is 4.98. The summed E-state index contributed by atoms with van der Waals surface area (Å²) in [4.78, 5) is 26.1. The highest BCUT2D eigenvalue weighted by Gasteiger charge is 2.26. The molecule has 4 heteroatoms. The third-order valence-electron chi connectivity index (χ3n) is 4.61. The van der Waals surface area contributed by atoms with Gasteiger partial charge in [0.25, 0.3) is 0 Å². The number of benzene rings is 2. The van der Waals surface area contributed by atoms with E-state index in [-0.39, 0.29) is 18.3 Å². The summed E-state index contributed by atoms with van der Waals surface area (Å²) in [5.74, 6) is 0.278. The maximum absolute atomic E-state index is 12.7. The van der Waals surface area contributed by atoms with E-state index in [1.54, 1.807) is 17.9 Å². The van der Waals surface area contributed by atoms with E-state index in [1.165, 1.54) is 0 Å². The van der Waals surface area contributed by atoms with Crippen molar-refractivity contribution in [3.05, 3.63) is 54.1 Å². The number of ether oxygens (including phenoxy) is 1. The molecule has 1 fully saturated rings. The number of fused-ring (bicyclic) bond motifs is 1. The Kier molecular flexibility index (Phi) is 6.05. The Labute approximate surface area is 154 Å². The zero-order valence-electron chi connectivity index (χ0n) is 15.2. The third-order valence-corrected chi connectivity index (χ3v) is 4.61. The van der Waals surface area contributed by atoms with Crippen molar-refractivity contribution in [3.63, 3.8) is 0 Å². The Morgan fingerprint density at radius 1 is 1.15 bits per heavy atom. The molecule has 0 atom stereocenters. The molecule has 0 heterocycles. The number of hydrogen-bond donors (Lipinski definition) is 0. The lowest BCUT2D eigenvalue weighted by molar-refractivity contribution is -0.143.